The van der Waals surface area contributed by atoms with Crippen LogP contribution in [0.5, 0.6) is 0 Å². The van der Waals surface area contributed by atoms with Crippen LogP contribution in [0.1, 0.15) is 370 Å². The van der Waals surface area contributed by atoms with E-state index in [0.29, 0.717) is 37.5 Å². The van der Waals surface area contributed by atoms with Crippen molar-refractivity contribution in [3.63, 3.8) is 0 Å². The van der Waals surface area contributed by atoms with E-state index < -0.39 is 97.5 Å². The van der Waals surface area contributed by atoms with Gasteiger partial charge < -0.3 is 33.8 Å². The van der Waals surface area contributed by atoms with Gasteiger partial charge in [0.1, 0.15) is 19.3 Å². The molecule has 0 amide bonds. The second kappa shape index (κ2) is 63.5. The number of unbranched alkanes of at least 4 members (excludes halogenated alkanes) is 37. The van der Waals surface area contributed by atoms with Gasteiger partial charge in [0.2, 0.25) is 0 Å². The number of phosphoric ester groups is 2. The van der Waals surface area contributed by atoms with Gasteiger partial charge in [0.05, 0.1) is 26.4 Å². The van der Waals surface area contributed by atoms with E-state index >= 15 is 0 Å². The van der Waals surface area contributed by atoms with Crippen LogP contribution in [0.2, 0.25) is 0 Å². The molecule has 19 heteroatoms. The van der Waals surface area contributed by atoms with Crippen molar-refractivity contribution >= 4 is 39.5 Å². The number of phosphoric acid groups is 2. The minimum absolute atomic E-state index is 0.101. The quantitative estimate of drug-likeness (QED) is 0.0222. The number of ether oxygens (including phenoxy) is 4. The normalized spacial score (nSPS) is 14.2. The van der Waals surface area contributed by atoms with Gasteiger partial charge in [-0.3, -0.25) is 37.3 Å². The second-order valence-corrected chi connectivity index (χ2v) is 31.5. The van der Waals surface area contributed by atoms with Crippen molar-refractivity contribution in [1.29, 1.82) is 0 Å². The maximum atomic E-state index is 13.1. The number of rotatable bonds is 71. The monoisotopic (exact) mass is 1370 g/mol. The molecule has 552 valence electrons. The highest BCUT2D eigenvalue weighted by Crippen LogP contribution is 2.45. The summed E-state index contributed by atoms with van der Waals surface area (Å²) < 4.78 is 68.4. The van der Waals surface area contributed by atoms with Gasteiger partial charge >= 0.3 is 39.5 Å². The highest BCUT2D eigenvalue weighted by molar-refractivity contribution is 7.47. The van der Waals surface area contributed by atoms with Gasteiger partial charge in [-0.15, -0.1) is 0 Å². The predicted octanol–water partition coefficient (Wildman–Crippen LogP) is 21.3. The van der Waals surface area contributed by atoms with Crippen molar-refractivity contribution in [1.82, 2.24) is 0 Å². The number of carbonyl (C=O) groups excluding carboxylic acids is 4. The number of hydrogen-bond acceptors (Lipinski definition) is 15. The fourth-order valence-electron chi connectivity index (χ4n) is 11.2. The Hall–Kier alpha value is -1.94. The molecule has 0 saturated carbocycles. The van der Waals surface area contributed by atoms with E-state index in [-0.39, 0.29) is 25.7 Å². The number of carbonyl (C=O) groups is 4. The first-order chi connectivity index (χ1) is 44.6. The Balaban J connectivity index is 5.22. The molecule has 0 aliphatic carbocycles. The lowest BCUT2D eigenvalue weighted by Crippen LogP contribution is -2.30. The summed E-state index contributed by atoms with van der Waals surface area (Å²) in [5.41, 5.74) is 0. The van der Waals surface area contributed by atoms with Crippen LogP contribution in [0.3, 0.4) is 0 Å². The zero-order valence-corrected chi connectivity index (χ0v) is 62.7. The fraction of sp³-hybridized carbons (Fsp3) is 0.946. The lowest BCUT2D eigenvalue weighted by Gasteiger charge is -2.21. The van der Waals surface area contributed by atoms with E-state index in [9.17, 15) is 43.2 Å². The summed E-state index contributed by atoms with van der Waals surface area (Å²) in [5.74, 6) is 0.840. The third-order valence-electron chi connectivity index (χ3n) is 17.1. The zero-order valence-electron chi connectivity index (χ0n) is 60.9. The summed E-state index contributed by atoms with van der Waals surface area (Å²) in [6.45, 7) is 14.1. The standard InChI is InChI=1S/C74H144O17P2/c1-64(2)50-42-34-26-21-17-13-9-11-15-19-23-29-38-46-54-71(76)84-60-69(90-73(78)56-48-40-30-24-20-16-12-10-14-18-22-27-35-43-51-65(3)4)62-88-92(80,81)86-58-68(75)59-87-93(82,83)89-63-70(91-74(79)57-49-41-33-32-37-45-53-67(7)8)61-85-72(77)55-47-39-31-25-28-36-44-52-66(5)6/h64-70,75H,9-63H2,1-8H3,(H,80,81)(H,82,83)/t68?,69-,70-/m1/s1. The van der Waals surface area contributed by atoms with Crippen LogP contribution in [0.25, 0.3) is 0 Å². The van der Waals surface area contributed by atoms with E-state index in [0.717, 1.165) is 108 Å². The van der Waals surface area contributed by atoms with Gasteiger partial charge in [0, 0.05) is 25.7 Å². The molecule has 3 N–H and O–H groups in total. The minimum atomic E-state index is -4.96. The number of aliphatic hydroxyl groups is 1. The van der Waals surface area contributed by atoms with Gasteiger partial charge in [-0.25, -0.2) is 9.13 Å². The molecule has 0 aromatic carbocycles. The van der Waals surface area contributed by atoms with E-state index in [1.54, 1.807) is 0 Å². The molecular weight excluding hydrogens is 1220 g/mol. The van der Waals surface area contributed by atoms with E-state index in [2.05, 4.69) is 55.4 Å². The summed E-state index contributed by atoms with van der Waals surface area (Å²) in [5, 5.41) is 10.6. The van der Waals surface area contributed by atoms with E-state index in [1.165, 1.54) is 167 Å². The molecule has 0 aromatic rings. The van der Waals surface area contributed by atoms with Crippen molar-refractivity contribution < 1.29 is 80.2 Å². The third-order valence-corrected chi connectivity index (χ3v) is 19.0. The Kier molecular flexibility index (Phi) is 62.2. The van der Waals surface area contributed by atoms with Crippen molar-refractivity contribution in [2.75, 3.05) is 39.6 Å². The Labute approximate surface area is 568 Å². The molecule has 0 aliphatic heterocycles. The summed E-state index contributed by atoms with van der Waals surface area (Å²) in [7, 11) is -9.91. The Morgan fingerprint density at radius 2 is 0.452 bits per heavy atom. The molecule has 0 aliphatic rings. The van der Waals surface area contributed by atoms with Crippen LogP contribution in [0, 0.1) is 23.7 Å². The maximum absolute atomic E-state index is 13.1. The first-order valence-corrected chi connectivity index (χ1v) is 41.2. The van der Waals surface area contributed by atoms with Gasteiger partial charge in [0.25, 0.3) is 0 Å². The molecule has 5 atom stereocenters. The van der Waals surface area contributed by atoms with Gasteiger partial charge in [-0.2, -0.15) is 0 Å². The summed E-state index contributed by atoms with van der Waals surface area (Å²) in [6, 6.07) is 0. The second-order valence-electron chi connectivity index (χ2n) is 28.6. The fourth-order valence-corrected chi connectivity index (χ4v) is 12.8. The first kappa shape index (κ1) is 91.1. The molecule has 17 nitrogen and oxygen atoms in total. The number of aliphatic hydroxyl groups excluding tert-OH is 1. The highest BCUT2D eigenvalue weighted by Gasteiger charge is 2.30. The van der Waals surface area contributed by atoms with Gasteiger partial charge in [-0.1, -0.05) is 319 Å². The molecule has 93 heavy (non-hydrogen) atoms. The van der Waals surface area contributed by atoms with Crippen molar-refractivity contribution in [3.05, 3.63) is 0 Å². The largest absolute Gasteiger partial charge is 0.472 e. The predicted molar refractivity (Wildman–Crippen MR) is 377 cm³/mol. The molecule has 0 bridgehead atoms. The van der Waals surface area contributed by atoms with Crippen molar-refractivity contribution in [2.45, 2.75) is 388 Å². The van der Waals surface area contributed by atoms with Crippen LogP contribution >= 0.6 is 15.6 Å². The molecule has 0 heterocycles. The highest BCUT2D eigenvalue weighted by atomic mass is 31.2. The lowest BCUT2D eigenvalue weighted by molar-refractivity contribution is -0.161. The minimum Gasteiger partial charge on any atom is -0.462 e. The topological polar surface area (TPSA) is 237 Å². The van der Waals surface area contributed by atoms with Crippen LogP contribution in [0.15, 0.2) is 0 Å². The van der Waals surface area contributed by atoms with Gasteiger partial charge in [-0.05, 0) is 49.4 Å². The van der Waals surface area contributed by atoms with Crippen LogP contribution in [-0.2, 0) is 65.4 Å². The van der Waals surface area contributed by atoms with Crippen LogP contribution in [-0.4, -0.2) is 96.7 Å². The van der Waals surface area contributed by atoms with Crippen molar-refractivity contribution in [2.24, 2.45) is 23.7 Å². The zero-order chi connectivity index (χ0) is 68.9. The van der Waals surface area contributed by atoms with E-state index in [4.69, 9.17) is 37.0 Å². The average molecular weight is 1370 g/mol. The summed E-state index contributed by atoms with van der Waals surface area (Å²) >= 11 is 0. The Morgan fingerprint density at radius 3 is 0.667 bits per heavy atom. The first-order valence-electron chi connectivity index (χ1n) is 38.2. The third kappa shape index (κ3) is 68.4. The molecule has 0 rings (SSSR count). The average Bonchev–Trinajstić information content (AvgIpc) is 2.09. The molecule has 0 spiro atoms. The maximum Gasteiger partial charge on any atom is 0.472 e. The molecule has 0 aromatic heterocycles. The Bertz CT molecular complexity index is 1830. The van der Waals surface area contributed by atoms with Crippen LogP contribution < -0.4 is 0 Å². The lowest BCUT2D eigenvalue weighted by atomic mass is 10.0. The molecular formula is C74H144O17P2. The molecule has 0 saturated heterocycles. The molecule has 0 radical (unpaired) electrons. The van der Waals surface area contributed by atoms with E-state index in [1.807, 2.05) is 0 Å². The van der Waals surface area contributed by atoms with Gasteiger partial charge in [0.15, 0.2) is 12.2 Å². The summed E-state index contributed by atoms with van der Waals surface area (Å²) in [6.07, 6.45) is 47.5. The number of hydrogen-bond donors (Lipinski definition) is 3. The molecule has 0 fully saturated rings. The van der Waals surface area contributed by atoms with Crippen molar-refractivity contribution in [3.8, 4) is 0 Å². The summed E-state index contributed by atoms with van der Waals surface area (Å²) in [4.78, 5) is 72.6. The number of esters is 4. The smallest absolute Gasteiger partial charge is 0.462 e. The molecule has 3 unspecified atom stereocenters. The SMILES string of the molecule is CC(C)CCCCCCCCCCCCCCCCC(=O)OC[C@H](COP(=O)(O)OCC(O)COP(=O)(O)OC[C@@H](COC(=O)CCCCCCCCCC(C)C)OC(=O)CCCCCCCCC(C)C)OC(=O)CCCCCCCCCCCCCCCCC(C)C. The Morgan fingerprint density at radius 1 is 0.269 bits per heavy atom. The van der Waals surface area contributed by atoms with Crippen LogP contribution in [0.4, 0.5) is 0 Å².